The Bertz CT molecular complexity index is 401. The number of nitrogens with zero attached hydrogens (tertiary/aromatic N) is 2. The number of hydrogen-bond donors (Lipinski definition) is 0. The van der Waals surface area contributed by atoms with Crippen LogP contribution >= 0.6 is 0 Å². The van der Waals surface area contributed by atoms with Crippen molar-refractivity contribution < 1.29 is 0 Å². The molecule has 0 fully saturated rings. The molecule has 2 aromatic rings. The Morgan fingerprint density at radius 3 is 3.00 bits per heavy atom. The molecule has 0 aliphatic carbocycles. The summed E-state index contributed by atoms with van der Waals surface area (Å²) in [7, 11) is 0. The smallest absolute Gasteiger partial charge is 0.0880 e. The Balaban J connectivity index is 2.46. The van der Waals surface area contributed by atoms with Gasteiger partial charge in [0.15, 0.2) is 0 Å². The topological polar surface area (TPSA) is 17.8 Å². The first kappa shape index (κ1) is 8.30. The molecule has 0 saturated carbocycles. The van der Waals surface area contributed by atoms with Crippen LogP contribution in [0.15, 0.2) is 30.6 Å². The molecule has 2 heterocycles. The van der Waals surface area contributed by atoms with E-state index < -0.39 is 0 Å². The minimum atomic E-state index is 0.677. The molecule has 0 bridgehead atoms. The summed E-state index contributed by atoms with van der Waals surface area (Å²) in [5, 5.41) is 0. The van der Waals surface area contributed by atoms with Gasteiger partial charge in [-0.15, -0.1) is 0 Å². The van der Waals surface area contributed by atoms with Crippen molar-refractivity contribution in [3.05, 3.63) is 30.6 Å². The number of hydrogen-bond acceptors (Lipinski definition) is 1. The quantitative estimate of drug-likeness (QED) is 0.684. The van der Waals surface area contributed by atoms with Crippen LogP contribution in [0.5, 0.6) is 0 Å². The fraction of sp³-hybridized carbons (Fsp3) is 0.364. The third-order valence-electron chi connectivity index (χ3n) is 2.10. The molecule has 0 amide bonds. The van der Waals surface area contributed by atoms with Gasteiger partial charge in [-0.05, 0) is 24.1 Å². The zero-order valence-electron chi connectivity index (χ0n) is 8.07. The molecule has 2 aromatic heterocycles. The SMILES string of the molecule is CC(C)Cn1ccc2ncccc21. The van der Waals surface area contributed by atoms with Crippen molar-refractivity contribution in [2.75, 3.05) is 0 Å². The van der Waals surface area contributed by atoms with Crippen LogP contribution in [0.4, 0.5) is 0 Å². The van der Waals surface area contributed by atoms with E-state index in [4.69, 9.17) is 0 Å². The first-order chi connectivity index (χ1) is 6.27. The molecule has 0 spiro atoms. The lowest BCUT2D eigenvalue weighted by Crippen LogP contribution is -2.02. The Hall–Kier alpha value is -1.31. The van der Waals surface area contributed by atoms with Crippen LogP contribution in [-0.2, 0) is 6.54 Å². The second-order valence-corrected chi connectivity index (χ2v) is 3.77. The Morgan fingerprint density at radius 2 is 2.23 bits per heavy atom. The molecule has 2 heteroatoms. The molecule has 0 aliphatic heterocycles. The molecule has 0 N–H and O–H groups in total. The minimum absolute atomic E-state index is 0.677. The summed E-state index contributed by atoms with van der Waals surface area (Å²) < 4.78 is 2.26. The van der Waals surface area contributed by atoms with E-state index in [1.54, 1.807) is 0 Å². The summed E-state index contributed by atoms with van der Waals surface area (Å²) in [6.45, 7) is 5.51. The van der Waals surface area contributed by atoms with Crippen LogP contribution in [0.2, 0.25) is 0 Å². The third-order valence-corrected chi connectivity index (χ3v) is 2.10. The molecule has 2 nitrogen and oxygen atoms in total. The van der Waals surface area contributed by atoms with Gasteiger partial charge in [-0.2, -0.15) is 0 Å². The lowest BCUT2D eigenvalue weighted by Gasteiger charge is -2.07. The number of aromatic nitrogens is 2. The number of rotatable bonds is 2. The van der Waals surface area contributed by atoms with Crippen LogP contribution in [-0.4, -0.2) is 9.55 Å². The van der Waals surface area contributed by atoms with Crippen molar-refractivity contribution in [3.8, 4) is 0 Å². The van der Waals surface area contributed by atoms with Crippen molar-refractivity contribution in [1.29, 1.82) is 0 Å². The fourth-order valence-corrected chi connectivity index (χ4v) is 1.57. The van der Waals surface area contributed by atoms with E-state index >= 15 is 0 Å². The van der Waals surface area contributed by atoms with E-state index in [1.165, 1.54) is 5.52 Å². The Labute approximate surface area is 78.2 Å². The monoisotopic (exact) mass is 174 g/mol. The van der Waals surface area contributed by atoms with Crippen LogP contribution in [0, 0.1) is 5.92 Å². The van der Waals surface area contributed by atoms with Crippen molar-refractivity contribution in [3.63, 3.8) is 0 Å². The zero-order valence-corrected chi connectivity index (χ0v) is 8.07. The van der Waals surface area contributed by atoms with E-state index in [2.05, 4.69) is 41.7 Å². The van der Waals surface area contributed by atoms with Crippen LogP contribution in [0.25, 0.3) is 11.0 Å². The first-order valence-corrected chi connectivity index (χ1v) is 4.67. The van der Waals surface area contributed by atoms with E-state index in [9.17, 15) is 0 Å². The second-order valence-electron chi connectivity index (χ2n) is 3.77. The average Bonchev–Trinajstić information content (AvgIpc) is 2.48. The molecule has 0 atom stereocenters. The molecular weight excluding hydrogens is 160 g/mol. The summed E-state index contributed by atoms with van der Waals surface area (Å²) in [5.74, 6) is 0.677. The molecule has 0 aliphatic rings. The van der Waals surface area contributed by atoms with Gasteiger partial charge < -0.3 is 4.57 Å². The molecule has 0 aromatic carbocycles. The maximum atomic E-state index is 4.29. The standard InChI is InChI=1S/C11H14N2/c1-9(2)8-13-7-5-10-11(13)4-3-6-12-10/h3-7,9H,8H2,1-2H3. The molecular formula is C11H14N2. The van der Waals surface area contributed by atoms with Gasteiger partial charge in [0.1, 0.15) is 0 Å². The highest BCUT2D eigenvalue weighted by molar-refractivity contribution is 5.75. The minimum Gasteiger partial charge on any atom is -0.346 e. The highest BCUT2D eigenvalue weighted by Crippen LogP contribution is 2.13. The van der Waals surface area contributed by atoms with Gasteiger partial charge in [0, 0.05) is 18.9 Å². The highest BCUT2D eigenvalue weighted by Gasteiger charge is 2.01. The van der Waals surface area contributed by atoms with Gasteiger partial charge in [0.05, 0.1) is 11.0 Å². The molecule has 0 saturated heterocycles. The lowest BCUT2D eigenvalue weighted by molar-refractivity contribution is 0.535. The van der Waals surface area contributed by atoms with E-state index in [0.717, 1.165) is 12.1 Å². The van der Waals surface area contributed by atoms with Crippen molar-refractivity contribution >= 4 is 11.0 Å². The maximum Gasteiger partial charge on any atom is 0.0880 e. The van der Waals surface area contributed by atoms with Gasteiger partial charge in [-0.25, -0.2) is 0 Å². The normalized spacial score (nSPS) is 11.3. The maximum absolute atomic E-state index is 4.29. The fourth-order valence-electron chi connectivity index (χ4n) is 1.57. The summed E-state index contributed by atoms with van der Waals surface area (Å²) >= 11 is 0. The largest absolute Gasteiger partial charge is 0.346 e. The predicted molar refractivity (Wildman–Crippen MR) is 54.6 cm³/mol. The predicted octanol–water partition coefficient (Wildman–Crippen LogP) is 2.69. The van der Waals surface area contributed by atoms with Gasteiger partial charge >= 0.3 is 0 Å². The lowest BCUT2D eigenvalue weighted by atomic mass is 10.2. The summed E-state index contributed by atoms with van der Waals surface area (Å²) in [5.41, 5.74) is 2.32. The van der Waals surface area contributed by atoms with E-state index in [0.29, 0.717) is 5.92 Å². The molecule has 13 heavy (non-hydrogen) atoms. The van der Waals surface area contributed by atoms with E-state index in [-0.39, 0.29) is 0 Å². The van der Waals surface area contributed by atoms with Crippen molar-refractivity contribution in [1.82, 2.24) is 9.55 Å². The van der Waals surface area contributed by atoms with Gasteiger partial charge in [-0.3, -0.25) is 4.98 Å². The first-order valence-electron chi connectivity index (χ1n) is 4.67. The number of pyridine rings is 1. The third kappa shape index (κ3) is 1.57. The van der Waals surface area contributed by atoms with Gasteiger partial charge in [-0.1, -0.05) is 13.8 Å². The summed E-state index contributed by atoms with van der Waals surface area (Å²) in [6, 6.07) is 6.17. The Morgan fingerprint density at radius 1 is 1.38 bits per heavy atom. The molecule has 68 valence electrons. The zero-order chi connectivity index (χ0) is 9.26. The van der Waals surface area contributed by atoms with Crippen LogP contribution in [0.1, 0.15) is 13.8 Å². The van der Waals surface area contributed by atoms with Crippen LogP contribution < -0.4 is 0 Å². The van der Waals surface area contributed by atoms with Gasteiger partial charge in [0.2, 0.25) is 0 Å². The van der Waals surface area contributed by atoms with Crippen molar-refractivity contribution in [2.24, 2.45) is 5.92 Å². The molecule has 2 rings (SSSR count). The summed E-state index contributed by atoms with van der Waals surface area (Å²) in [4.78, 5) is 4.29. The van der Waals surface area contributed by atoms with Crippen molar-refractivity contribution in [2.45, 2.75) is 20.4 Å². The summed E-state index contributed by atoms with van der Waals surface area (Å²) in [6.07, 6.45) is 3.94. The van der Waals surface area contributed by atoms with Gasteiger partial charge in [0.25, 0.3) is 0 Å². The number of fused-ring (bicyclic) bond motifs is 1. The molecule has 0 unspecified atom stereocenters. The molecule has 0 radical (unpaired) electrons. The van der Waals surface area contributed by atoms with Crippen LogP contribution in [0.3, 0.4) is 0 Å². The van der Waals surface area contributed by atoms with E-state index in [1.807, 2.05) is 12.3 Å². The average molecular weight is 174 g/mol. The Kier molecular flexibility index (Phi) is 2.05. The second kappa shape index (κ2) is 3.21. The highest BCUT2D eigenvalue weighted by atomic mass is 15.0.